The molecule has 1 aromatic carbocycles. The lowest BCUT2D eigenvalue weighted by Crippen LogP contribution is -2.40. The summed E-state index contributed by atoms with van der Waals surface area (Å²) in [6.45, 7) is 6.57. The van der Waals surface area contributed by atoms with Crippen LogP contribution >= 0.6 is 11.6 Å². The fourth-order valence-corrected chi connectivity index (χ4v) is 2.04. The summed E-state index contributed by atoms with van der Waals surface area (Å²) in [4.78, 5) is 24.8. The van der Waals surface area contributed by atoms with Crippen LogP contribution in [0.2, 0.25) is 5.02 Å². The average molecular weight is 283 g/mol. The predicted octanol–water partition coefficient (Wildman–Crippen LogP) is 2.50. The van der Waals surface area contributed by atoms with Crippen LogP contribution in [0, 0.1) is 0 Å². The van der Waals surface area contributed by atoms with Crippen LogP contribution in [-0.4, -0.2) is 31.3 Å². The molecular weight excluding hydrogens is 264 g/mol. The highest BCUT2D eigenvalue weighted by Crippen LogP contribution is 2.25. The van der Waals surface area contributed by atoms with E-state index in [9.17, 15) is 9.59 Å². The molecule has 104 valence electrons. The van der Waals surface area contributed by atoms with Crippen LogP contribution in [0.15, 0.2) is 18.2 Å². The number of carbonyl (C=O) groups excluding carboxylic acids is 2. The van der Waals surface area contributed by atoms with Crippen molar-refractivity contribution in [2.24, 2.45) is 0 Å². The van der Waals surface area contributed by atoms with Crippen LogP contribution in [-0.2, 0) is 4.79 Å². The molecule has 0 radical (unpaired) electrons. The van der Waals surface area contributed by atoms with Gasteiger partial charge in [-0.05, 0) is 32.9 Å². The monoisotopic (exact) mass is 282 g/mol. The SMILES string of the molecule is CCN(CC(=O)NC(C)C)c1cccc(Cl)c1C=O. The molecule has 0 bridgehead atoms. The largest absolute Gasteiger partial charge is 0.362 e. The first kappa shape index (κ1) is 15.5. The summed E-state index contributed by atoms with van der Waals surface area (Å²) >= 11 is 5.99. The van der Waals surface area contributed by atoms with E-state index in [1.165, 1.54) is 0 Å². The van der Waals surface area contributed by atoms with Crippen molar-refractivity contribution in [2.75, 3.05) is 18.0 Å². The molecule has 0 aliphatic rings. The topological polar surface area (TPSA) is 49.4 Å². The Hall–Kier alpha value is -1.55. The summed E-state index contributed by atoms with van der Waals surface area (Å²) in [5.41, 5.74) is 1.10. The second-order valence-corrected chi connectivity index (χ2v) is 4.93. The van der Waals surface area contributed by atoms with Gasteiger partial charge in [-0.25, -0.2) is 0 Å². The van der Waals surface area contributed by atoms with E-state index in [-0.39, 0.29) is 18.5 Å². The molecular formula is C14H19ClN2O2. The number of hydrogen-bond acceptors (Lipinski definition) is 3. The maximum absolute atomic E-state index is 11.8. The number of carbonyl (C=O) groups is 2. The fraction of sp³-hybridized carbons (Fsp3) is 0.429. The highest BCUT2D eigenvalue weighted by Gasteiger charge is 2.15. The van der Waals surface area contributed by atoms with Crippen molar-refractivity contribution >= 4 is 29.5 Å². The number of hydrogen-bond donors (Lipinski definition) is 1. The van der Waals surface area contributed by atoms with Crippen molar-refractivity contribution < 1.29 is 9.59 Å². The summed E-state index contributed by atoms with van der Waals surface area (Å²) in [7, 11) is 0. The van der Waals surface area contributed by atoms with Gasteiger partial charge in [0.05, 0.1) is 17.1 Å². The van der Waals surface area contributed by atoms with Crippen LogP contribution in [0.3, 0.4) is 0 Å². The predicted molar refractivity (Wildman–Crippen MR) is 78.0 cm³/mol. The first-order chi connectivity index (χ1) is 8.99. The van der Waals surface area contributed by atoms with Gasteiger partial charge in [0.25, 0.3) is 0 Å². The van der Waals surface area contributed by atoms with Crippen LogP contribution in [0.5, 0.6) is 0 Å². The molecule has 0 heterocycles. The minimum atomic E-state index is -0.0753. The number of aldehydes is 1. The fourth-order valence-electron chi connectivity index (χ4n) is 1.83. The third-order valence-corrected chi connectivity index (χ3v) is 2.98. The third kappa shape index (κ3) is 4.24. The normalized spacial score (nSPS) is 10.4. The average Bonchev–Trinajstić information content (AvgIpc) is 2.34. The second-order valence-electron chi connectivity index (χ2n) is 4.53. The van der Waals surface area contributed by atoms with Gasteiger partial charge in [-0.1, -0.05) is 17.7 Å². The number of amides is 1. The molecule has 4 nitrogen and oxygen atoms in total. The van der Waals surface area contributed by atoms with E-state index in [0.29, 0.717) is 22.8 Å². The lowest BCUT2D eigenvalue weighted by atomic mass is 10.1. The van der Waals surface area contributed by atoms with Crippen molar-refractivity contribution in [1.82, 2.24) is 5.32 Å². The Labute approximate surface area is 118 Å². The molecule has 0 spiro atoms. The number of likely N-dealkylation sites (N-methyl/N-ethyl adjacent to an activating group) is 1. The van der Waals surface area contributed by atoms with Crippen molar-refractivity contribution in [3.05, 3.63) is 28.8 Å². The zero-order valence-electron chi connectivity index (χ0n) is 11.4. The summed E-state index contributed by atoms with van der Waals surface area (Å²) in [6, 6.07) is 5.32. The lowest BCUT2D eigenvalue weighted by Gasteiger charge is -2.24. The highest BCUT2D eigenvalue weighted by atomic mass is 35.5. The standard InChI is InChI=1S/C14H19ClN2O2/c1-4-17(8-14(19)16-10(2)3)13-7-5-6-12(15)11(13)9-18/h5-7,9-10H,4,8H2,1-3H3,(H,16,19). The first-order valence-electron chi connectivity index (χ1n) is 6.27. The van der Waals surface area contributed by atoms with Gasteiger partial charge in [0.1, 0.15) is 0 Å². The number of nitrogens with one attached hydrogen (secondary N) is 1. The van der Waals surface area contributed by atoms with Crippen molar-refractivity contribution in [2.45, 2.75) is 26.8 Å². The first-order valence-corrected chi connectivity index (χ1v) is 6.65. The Morgan fingerprint density at radius 2 is 2.16 bits per heavy atom. The van der Waals surface area contributed by atoms with Gasteiger partial charge in [0, 0.05) is 18.3 Å². The van der Waals surface area contributed by atoms with Crippen molar-refractivity contribution in [3.8, 4) is 0 Å². The van der Waals surface area contributed by atoms with Crippen LogP contribution in [0.4, 0.5) is 5.69 Å². The molecule has 0 unspecified atom stereocenters. The molecule has 5 heteroatoms. The van der Waals surface area contributed by atoms with Gasteiger partial charge in [0.2, 0.25) is 5.91 Å². The Morgan fingerprint density at radius 3 is 2.68 bits per heavy atom. The molecule has 1 N–H and O–H groups in total. The van der Waals surface area contributed by atoms with Gasteiger partial charge in [0.15, 0.2) is 6.29 Å². The second kappa shape index (κ2) is 7.14. The molecule has 0 aromatic heterocycles. The molecule has 1 amide bonds. The minimum absolute atomic E-state index is 0.0753. The van der Waals surface area contributed by atoms with E-state index >= 15 is 0 Å². The molecule has 1 rings (SSSR count). The molecule has 0 saturated carbocycles. The Kier molecular flexibility index (Phi) is 5.83. The molecule has 0 fully saturated rings. The van der Waals surface area contributed by atoms with Crippen LogP contribution < -0.4 is 10.2 Å². The Bertz CT molecular complexity index is 461. The van der Waals surface area contributed by atoms with E-state index in [4.69, 9.17) is 11.6 Å². The zero-order valence-corrected chi connectivity index (χ0v) is 12.2. The number of halogens is 1. The van der Waals surface area contributed by atoms with Crippen molar-refractivity contribution in [3.63, 3.8) is 0 Å². The van der Waals surface area contributed by atoms with Gasteiger partial charge < -0.3 is 10.2 Å². The smallest absolute Gasteiger partial charge is 0.239 e. The molecule has 0 saturated heterocycles. The van der Waals surface area contributed by atoms with Crippen LogP contribution in [0.25, 0.3) is 0 Å². The quantitative estimate of drug-likeness (QED) is 0.816. The van der Waals surface area contributed by atoms with E-state index in [0.717, 1.165) is 6.29 Å². The van der Waals surface area contributed by atoms with Gasteiger partial charge >= 0.3 is 0 Å². The molecule has 1 aromatic rings. The Morgan fingerprint density at radius 1 is 1.47 bits per heavy atom. The van der Waals surface area contributed by atoms with Crippen LogP contribution in [0.1, 0.15) is 31.1 Å². The number of rotatable bonds is 6. The van der Waals surface area contributed by atoms with Gasteiger partial charge in [-0.15, -0.1) is 0 Å². The minimum Gasteiger partial charge on any atom is -0.362 e. The number of anilines is 1. The summed E-state index contributed by atoms with van der Waals surface area (Å²) in [5.74, 6) is -0.0753. The summed E-state index contributed by atoms with van der Waals surface area (Å²) in [6.07, 6.45) is 0.723. The Balaban J connectivity index is 2.94. The van der Waals surface area contributed by atoms with E-state index in [1.807, 2.05) is 25.7 Å². The van der Waals surface area contributed by atoms with Gasteiger partial charge in [-0.3, -0.25) is 9.59 Å². The maximum Gasteiger partial charge on any atom is 0.239 e. The third-order valence-electron chi connectivity index (χ3n) is 2.65. The van der Waals surface area contributed by atoms with E-state index < -0.39 is 0 Å². The van der Waals surface area contributed by atoms with Crippen molar-refractivity contribution in [1.29, 1.82) is 0 Å². The molecule has 19 heavy (non-hydrogen) atoms. The number of benzene rings is 1. The molecule has 0 aliphatic carbocycles. The summed E-state index contributed by atoms with van der Waals surface area (Å²) in [5, 5.41) is 3.23. The number of nitrogens with zero attached hydrogens (tertiary/aromatic N) is 1. The molecule has 0 aliphatic heterocycles. The van der Waals surface area contributed by atoms with Gasteiger partial charge in [-0.2, -0.15) is 0 Å². The summed E-state index contributed by atoms with van der Waals surface area (Å²) < 4.78 is 0. The van der Waals surface area contributed by atoms with E-state index in [2.05, 4.69) is 5.32 Å². The highest BCUT2D eigenvalue weighted by molar-refractivity contribution is 6.33. The lowest BCUT2D eigenvalue weighted by molar-refractivity contribution is -0.120. The molecule has 0 atom stereocenters. The van der Waals surface area contributed by atoms with E-state index in [1.54, 1.807) is 18.2 Å². The maximum atomic E-state index is 11.8. The zero-order chi connectivity index (χ0) is 14.4.